The fraction of sp³-hybridized carbons (Fsp3) is 0.800. The predicted octanol–water partition coefficient (Wildman–Crippen LogP) is 0.218. The number of rotatable bonds is 9. The maximum Gasteiger partial charge on any atom is 0.332 e. The molecule has 6 heteroatoms. The number of hydrogen-bond acceptors (Lipinski definition) is 4. The second-order valence-electron chi connectivity index (χ2n) is 3.72. The van der Waals surface area contributed by atoms with Crippen LogP contribution < -0.4 is 0 Å². The van der Waals surface area contributed by atoms with Crippen LogP contribution in [0.1, 0.15) is 38.5 Å². The summed E-state index contributed by atoms with van der Waals surface area (Å²) in [5.74, 6) is -2.19. The van der Waals surface area contributed by atoms with Gasteiger partial charge in [0.15, 0.2) is 6.10 Å². The van der Waals surface area contributed by atoms with E-state index < -0.39 is 24.1 Å². The molecule has 0 aliphatic rings. The molecular weight excluding hydrogens is 216 g/mol. The minimum Gasteiger partial charge on any atom is -0.481 e. The van der Waals surface area contributed by atoms with Crippen molar-refractivity contribution in [2.45, 2.75) is 50.7 Å². The minimum absolute atomic E-state index is 0.0705. The predicted molar refractivity (Wildman–Crippen MR) is 55.0 cm³/mol. The molecule has 0 aliphatic carbocycles. The Hall–Kier alpha value is -1.14. The Morgan fingerprint density at radius 1 is 0.938 bits per heavy atom. The fourth-order valence-corrected chi connectivity index (χ4v) is 1.28. The molecule has 2 unspecified atom stereocenters. The lowest BCUT2D eigenvalue weighted by atomic mass is 10.0. The highest BCUT2D eigenvalue weighted by Gasteiger charge is 2.12. The number of hydrogen-bond donors (Lipinski definition) is 4. The third kappa shape index (κ3) is 8.19. The van der Waals surface area contributed by atoms with Gasteiger partial charge in [0.2, 0.25) is 0 Å². The molecule has 16 heavy (non-hydrogen) atoms. The van der Waals surface area contributed by atoms with Crippen molar-refractivity contribution in [3.63, 3.8) is 0 Å². The third-order valence-electron chi connectivity index (χ3n) is 2.24. The molecule has 2 atom stereocenters. The van der Waals surface area contributed by atoms with Crippen LogP contribution in [0.15, 0.2) is 0 Å². The number of aliphatic hydroxyl groups excluding tert-OH is 2. The van der Waals surface area contributed by atoms with Gasteiger partial charge in [-0.05, 0) is 19.3 Å². The van der Waals surface area contributed by atoms with E-state index >= 15 is 0 Å². The van der Waals surface area contributed by atoms with Crippen molar-refractivity contribution < 1.29 is 30.0 Å². The van der Waals surface area contributed by atoms with Crippen LogP contribution in [0.4, 0.5) is 0 Å². The molecule has 6 nitrogen and oxygen atoms in total. The van der Waals surface area contributed by atoms with Crippen molar-refractivity contribution in [1.29, 1.82) is 0 Å². The average Bonchev–Trinajstić information content (AvgIpc) is 2.20. The van der Waals surface area contributed by atoms with Crippen LogP contribution in [0.25, 0.3) is 0 Å². The number of unbranched alkanes of at least 4 members (excludes halogenated alkanes) is 1. The SMILES string of the molecule is O=C(O)CCC(O)CCCCC(O)C(=O)O. The van der Waals surface area contributed by atoms with E-state index in [2.05, 4.69) is 0 Å². The molecule has 94 valence electrons. The molecule has 0 aromatic heterocycles. The topological polar surface area (TPSA) is 115 Å². The van der Waals surface area contributed by atoms with E-state index in [4.69, 9.17) is 15.3 Å². The van der Waals surface area contributed by atoms with E-state index in [0.29, 0.717) is 19.3 Å². The first-order valence-corrected chi connectivity index (χ1v) is 5.24. The van der Waals surface area contributed by atoms with Gasteiger partial charge < -0.3 is 20.4 Å². The summed E-state index contributed by atoms with van der Waals surface area (Å²) in [7, 11) is 0. The summed E-state index contributed by atoms with van der Waals surface area (Å²) in [5, 5.41) is 35.0. The second-order valence-corrected chi connectivity index (χ2v) is 3.72. The number of carboxylic acids is 2. The number of carboxylic acid groups (broad SMARTS) is 2. The first-order valence-electron chi connectivity index (χ1n) is 5.24. The molecule has 0 amide bonds. The van der Waals surface area contributed by atoms with Gasteiger partial charge in [-0.15, -0.1) is 0 Å². The Balaban J connectivity index is 3.44. The van der Waals surface area contributed by atoms with Gasteiger partial charge >= 0.3 is 11.9 Å². The van der Waals surface area contributed by atoms with Gasteiger partial charge in [-0.1, -0.05) is 12.8 Å². The molecule has 0 saturated heterocycles. The van der Waals surface area contributed by atoms with E-state index in [1.807, 2.05) is 0 Å². The summed E-state index contributed by atoms with van der Waals surface area (Å²) in [5.41, 5.74) is 0. The molecule has 0 bridgehead atoms. The monoisotopic (exact) mass is 234 g/mol. The van der Waals surface area contributed by atoms with Crippen LogP contribution >= 0.6 is 0 Å². The standard InChI is InChI=1S/C10H18O6/c11-7(5-6-9(13)14)3-1-2-4-8(12)10(15)16/h7-8,11-12H,1-6H2,(H,13,14)(H,15,16). The van der Waals surface area contributed by atoms with Crippen LogP contribution in [0.3, 0.4) is 0 Å². The summed E-state index contributed by atoms with van der Waals surface area (Å²) in [6, 6.07) is 0. The van der Waals surface area contributed by atoms with Crippen molar-refractivity contribution in [1.82, 2.24) is 0 Å². The van der Waals surface area contributed by atoms with Crippen molar-refractivity contribution in [3.05, 3.63) is 0 Å². The van der Waals surface area contributed by atoms with Crippen molar-refractivity contribution in [2.75, 3.05) is 0 Å². The van der Waals surface area contributed by atoms with Crippen LogP contribution in [0, 0.1) is 0 Å². The van der Waals surface area contributed by atoms with Crippen LogP contribution in [0.2, 0.25) is 0 Å². The lowest BCUT2D eigenvalue weighted by molar-refractivity contribution is -0.147. The third-order valence-corrected chi connectivity index (χ3v) is 2.24. The van der Waals surface area contributed by atoms with E-state index in [-0.39, 0.29) is 19.3 Å². The van der Waals surface area contributed by atoms with E-state index in [1.54, 1.807) is 0 Å². The van der Waals surface area contributed by atoms with Gasteiger partial charge in [0.05, 0.1) is 6.10 Å². The highest BCUT2D eigenvalue weighted by molar-refractivity contribution is 5.71. The summed E-state index contributed by atoms with van der Waals surface area (Å²) in [6.07, 6.45) is -0.228. The van der Waals surface area contributed by atoms with Gasteiger partial charge in [0.1, 0.15) is 0 Å². The summed E-state index contributed by atoms with van der Waals surface area (Å²) in [6.45, 7) is 0. The Bertz CT molecular complexity index is 227. The van der Waals surface area contributed by atoms with Gasteiger partial charge in [0.25, 0.3) is 0 Å². The van der Waals surface area contributed by atoms with Gasteiger partial charge in [0, 0.05) is 6.42 Å². The Labute approximate surface area is 93.5 Å². The van der Waals surface area contributed by atoms with Gasteiger partial charge in [-0.3, -0.25) is 4.79 Å². The first kappa shape index (κ1) is 14.9. The van der Waals surface area contributed by atoms with E-state index in [9.17, 15) is 14.7 Å². The molecule has 4 N–H and O–H groups in total. The lowest BCUT2D eigenvalue weighted by Crippen LogP contribution is -2.19. The molecule has 0 rings (SSSR count). The zero-order valence-corrected chi connectivity index (χ0v) is 9.00. The molecule has 0 aromatic carbocycles. The Morgan fingerprint density at radius 2 is 1.50 bits per heavy atom. The van der Waals surface area contributed by atoms with Gasteiger partial charge in [-0.25, -0.2) is 4.79 Å². The van der Waals surface area contributed by atoms with Crippen LogP contribution in [0.5, 0.6) is 0 Å². The minimum atomic E-state index is -1.35. The number of aliphatic carboxylic acids is 2. The quantitative estimate of drug-likeness (QED) is 0.424. The normalized spacial score (nSPS) is 14.4. The number of aliphatic hydroxyl groups is 2. The van der Waals surface area contributed by atoms with Crippen LogP contribution in [-0.4, -0.2) is 44.6 Å². The van der Waals surface area contributed by atoms with E-state index in [0.717, 1.165) is 0 Å². The van der Waals surface area contributed by atoms with Crippen LogP contribution in [-0.2, 0) is 9.59 Å². The molecule has 0 aliphatic heterocycles. The molecule has 0 aromatic rings. The Morgan fingerprint density at radius 3 is 2.00 bits per heavy atom. The summed E-state index contributed by atoms with van der Waals surface area (Å²) >= 11 is 0. The van der Waals surface area contributed by atoms with Crippen molar-refractivity contribution in [3.8, 4) is 0 Å². The van der Waals surface area contributed by atoms with E-state index in [1.165, 1.54) is 0 Å². The average molecular weight is 234 g/mol. The van der Waals surface area contributed by atoms with Gasteiger partial charge in [-0.2, -0.15) is 0 Å². The smallest absolute Gasteiger partial charge is 0.332 e. The first-order chi connectivity index (χ1) is 7.43. The Kier molecular flexibility index (Phi) is 7.49. The lowest BCUT2D eigenvalue weighted by Gasteiger charge is -2.09. The molecular formula is C10H18O6. The number of carbonyl (C=O) groups is 2. The highest BCUT2D eigenvalue weighted by Crippen LogP contribution is 2.09. The highest BCUT2D eigenvalue weighted by atomic mass is 16.4. The summed E-state index contributed by atoms with van der Waals surface area (Å²) < 4.78 is 0. The van der Waals surface area contributed by atoms with Crippen molar-refractivity contribution in [2.24, 2.45) is 0 Å². The molecule has 0 saturated carbocycles. The zero-order chi connectivity index (χ0) is 12.6. The molecule has 0 heterocycles. The molecule has 0 radical (unpaired) electrons. The molecule has 0 spiro atoms. The maximum absolute atomic E-state index is 10.2. The van der Waals surface area contributed by atoms with Crippen molar-refractivity contribution >= 4 is 11.9 Å². The maximum atomic E-state index is 10.2. The summed E-state index contributed by atoms with van der Waals surface area (Å²) in [4.78, 5) is 20.4. The second kappa shape index (κ2) is 8.06. The largest absolute Gasteiger partial charge is 0.481 e. The fourth-order valence-electron chi connectivity index (χ4n) is 1.28. The zero-order valence-electron chi connectivity index (χ0n) is 9.00. The molecule has 0 fully saturated rings.